The van der Waals surface area contributed by atoms with Crippen LogP contribution in [0.1, 0.15) is 45.1 Å². The molecule has 0 radical (unpaired) electrons. The predicted octanol–water partition coefficient (Wildman–Crippen LogP) is 4.13. The number of benzene rings is 1. The SMILES string of the molecule is CC(Nc1ccnc(C(C)(C)C)n1)c1ccccc1-n1cccn1. The van der Waals surface area contributed by atoms with Crippen molar-refractivity contribution in [2.75, 3.05) is 5.32 Å². The van der Waals surface area contributed by atoms with E-state index < -0.39 is 0 Å². The van der Waals surface area contributed by atoms with Crippen LogP contribution in [0.3, 0.4) is 0 Å². The van der Waals surface area contributed by atoms with E-state index in [1.54, 1.807) is 6.20 Å². The summed E-state index contributed by atoms with van der Waals surface area (Å²) in [7, 11) is 0. The molecular weight excluding hydrogens is 298 g/mol. The zero-order chi connectivity index (χ0) is 17.2. The summed E-state index contributed by atoms with van der Waals surface area (Å²) in [5, 5.41) is 7.83. The molecule has 24 heavy (non-hydrogen) atoms. The Balaban J connectivity index is 1.88. The molecule has 1 unspecified atom stereocenters. The van der Waals surface area contributed by atoms with Gasteiger partial charge in [0.05, 0.1) is 11.7 Å². The molecule has 3 rings (SSSR count). The Bertz CT molecular complexity index is 803. The summed E-state index contributed by atoms with van der Waals surface area (Å²) in [5.74, 6) is 1.66. The van der Waals surface area contributed by atoms with Crippen LogP contribution in [0.4, 0.5) is 5.82 Å². The van der Waals surface area contributed by atoms with Crippen molar-refractivity contribution in [3.05, 3.63) is 66.4 Å². The number of hydrogen-bond acceptors (Lipinski definition) is 4. The summed E-state index contributed by atoms with van der Waals surface area (Å²) in [5.41, 5.74) is 2.15. The molecule has 0 fully saturated rings. The van der Waals surface area contributed by atoms with Crippen molar-refractivity contribution < 1.29 is 0 Å². The molecule has 0 saturated heterocycles. The van der Waals surface area contributed by atoms with Crippen LogP contribution in [-0.4, -0.2) is 19.7 Å². The van der Waals surface area contributed by atoms with Gasteiger partial charge >= 0.3 is 0 Å². The number of rotatable bonds is 4. The highest BCUT2D eigenvalue weighted by Gasteiger charge is 2.18. The molecule has 0 spiro atoms. The van der Waals surface area contributed by atoms with Crippen LogP contribution in [0.15, 0.2) is 55.0 Å². The van der Waals surface area contributed by atoms with Crippen LogP contribution in [-0.2, 0) is 5.41 Å². The van der Waals surface area contributed by atoms with Gasteiger partial charge in [0.15, 0.2) is 0 Å². The quantitative estimate of drug-likeness (QED) is 0.785. The largest absolute Gasteiger partial charge is 0.363 e. The average Bonchev–Trinajstić information content (AvgIpc) is 3.08. The fourth-order valence-electron chi connectivity index (χ4n) is 2.57. The van der Waals surface area contributed by atoms with E-state index in [0.717, 1.165) is 22.9 Å². The maximum absolute atomic E-state index is 4.66. The monoisotopic (exact) mass is 321 g/mol. The fourth-order valence-corrected chi connectivity index (χ4v) is 2.57. The second kappa shape index (κ2) is 6.43. The Morgan fingerprint density at radius 3 is 2.54 bits per heavy atom. The molecule has 0 amide bonds. The Kier molecular flexibility index (Phi) is 4.34. The van der Waals surface area contributed by atoms with Gasteiger partial charge in [0.2, 0.25) is 0 Å². The topological polar surface area (TPSA) is 55.6 Å². The number of anilines is 1. The maximum atomic E-state index is 4.66. The van der Waals surface area contributed by atoms with Gasteiger partial charge in [0, 0.05) is 24.0 Å². The van der Waals surface area contributed by atoms with E-state index >= 15 is 0 Å². The first-order valence-corrected chi connectivity index (χ1v) is 8.14. The Morgan fingerprint density at radius 2 is 1.83 bits per heavy atom. The van der Waals surface area contributed by atoms with Crippen molar-refractivity contribution in [2.24, 2.45) is 0 Å². The van der Waals surface area contributed by atoms with Crippen molar-refractivity contribution in [3.8, 4) is 5.69 Å². The molecule has 1 aromatic carbocycles. The Labute approximate surface area is 142 Å². The summed E-state index contributed by atoms with van der Waals surface area (Å²) in [6, 6.07) is 12.2. The summed E-state index contributed by atoms with van der Waals surface area (Å²) < 4.78 is 1.88. The lowest BCUT2D eigenvalue weighted by Gasteiger charge is -2.21. The van der Waals surface area contributed by atoms with E-state index in [9.17, 15) is 0 Å². The molecule has 0 aliphatic rings. The number of nitrogens with zero attached hydrogens (tertiary/aromatic N) is 4. The zero-order valence-corrected chi connectivity index (χ0v) is 14.6. The molecule has 1 atom stereocenters. The minimum absolute atomic E-state index is 0.0755. The number of hydrogen-bond donors (Lipinski definition) is 1. The third-order valence-electron chi connectivity index (χ3n) is 3.85. The van der Waals surface area contributed by atoms with Gasteiger partial charge in [0.1, 0.15) is 11.6 Å². The van der Waals surface area contributed by atoms with Crippen LogP contribution >= 0.6 is 0 Å². The van der Waals surface area contributed by atoms with Gasteiger partial charge in [-0.15, -0.1) is 0 Å². The van der Waals surface area contributed by atoms with Crippen LogP contribution in [0.5, 0.6) is 0 Å². The summed E-state index contributed by atoms with van der Waals surface area (Å²) in [6.45, 7) is 8.47. The first-order chi connectivity index (χ1) is 11.4. The van der Waals surface area contributed by atoms with Crippen LogP contribution < -0.4 is 5.32 Å². The van der Waals surface area contributed by atoms with Crippen LogP contribution in [0, 0.1) is 0 Å². The third kappa shape index (κ3) is 3.45. The predicted molar refractivity (Wildman–Crippen MR) is 96.3 cm³/mol. The maximum Gasteiger partial charge on any atom is 0.135 e. The molecule has 0 bridgehead atoms. The highest BCUT2D eigenvalue weighted by atomic mass is 15.3. The average molecular weight is 321 g/mol. The van der Waals surface area contributed by atoms with Crippen molar-refractivity contribution >= 4 is 5.82 Å². The number of nitrogens with one attached hydrogen (secondary N) is 1. The molecule has 0 aliphatic carbocycles. The summed E-state index contributed by atoms with van der Waals surface area (Å²) in [4.78, 5) is 9.04. The minimum atomic E-state index is -0.0755. The molecule has 1 N–H and O–H groups in total. The summed E-state index contributed by atoms with van der Waals surface area (Å²) in [6.07, 6.45) is 5.55. The lowest BCUT2D eigenvalue weighted by molar-refractivity contribution is 0.545. The standard InChI is InChI=1S/C19H23N5/c1-14(22-17-10-12-20-18(23-17)19(2,3)4)15-8-5-6-9-16(15)24-13-7-11-21-24/h5-14H,1-4H3,(H,20,22,23). The van der Waals surface area contributed by atoms with Gasteiger partial charge < -0.3 is 5.32 Å². The van der Waals surface area contributed by atoms with Gasteiger partial charge in [-0.25, -0.2) is 14.6 Å². The van der Waals surface area contributed by atoms with E-state index in [-0.39, 0.29) is 11.5 Å². The minimum Gasteiger partial charge on any atom is -0.363 e. The second-order valence-electron chi connectivity index (χ2n) is 6.89. The van der Waals surface area contributed by atoms with Gasteiger partial charge in [-0.2, -0.15) is 5.10 Å². The highest BCUT2D eigenvalue weighted by molar-refractivity contribution is 5.46. The Morgan fingerprint density at radius 1 is 1.04 bits per heavy atom. The number of aromatic nitrogens is 4. The summed E-state index contributed by atoms with van der Waals surface area (Å²) >= 11 is 0. The number of para-hydroxylation sites is 1. The molecule has 0 aliphatic heterocycles. The van der Waals surface area contributed by atoms with E-state index in [0.29, 0.717) is 0 Å². The second-order valence-corrected chi connectivity index (χ2v) is 6.89. The van der Waals surface area contributed by atoms with E-state index in [4.69, 9.17) is 0 Å². The van der Waals surface area contributed by atoms with Crippen molar-refractivity contribution in [1.82, 2.24) is 19.7 Å². The van der Waals surface area contributed by atoms with Crippen molar-refractivity contribution in [2.45, 2.75) is 39.2 Å². The zero-order valence-electron chi connectivity index (χ0n) is 14.6. The molecular formula is C19H23N5. The molecule has 5 nitrogen and oxygen atoms in total. The van der Waals surface area contributed by atoms with Gasteiger partial charge in [0.25, 0.3) is 0 Å². The van der Waals surface area contributed by atoms with Gasteiger partial charge in [-0.1, -0.05) is 39.0 Å². The lowest BCUT2D eigenvalue weighted by Crippen LogP contribution is -2.18. The van der Waals surface area contributed by atoms with Crippen LogP contribution in [0.2, 0.25) is 0 Å². The lowest BCUT2D eigenvalue weighted by atomic mass is 9.96. The smallest absolute Gasteiger partial charge is 0.135 e. The molecule has 5 heteroatoms. The van der Waals surface area contributed by atoms with Gasteiger partial charge in [-0.05, 0) is 30.7 Å². The highest BCUT2D eigenvalue weighted by Crippen LogP contribution is 2.25. The molecule has 124 valence electrons. The first-order valence-electron chi connectivity index (χ1n) is 8.14. The fraction of sp³-hybridized carbons (Fsp3) is 0.316. The van der Waals surface area contributed by atoms with Crippen molar-refractivity contribution in [3.63, 3.8) is 0 Å². The Hall–Kier alpha value is -2.69. The normalized spacial score (nSPS) is 12.8. The van der Waals surface area contributed by atoms with E-state index in [1.807, 2.05) is 41.3 Å². The van der Waals surface area contributed by atoms with E-state index in [2.05, 4.69) is 60.2 Å². The molecule has 2 heterocycles. The molecule has 0 saturated carbocycles. The van der Waals surface area contributed by atoms with Crippen LogP contribution in [0.25, 0.3) is 5.69 Å². The van der Waals surface area contributed by atoms with E-state index in [1.165, 1.54) is 0 Å². The molecule has 2 aromatic heterocycles. The first kappa shape index (κ1) is 16.2. The van der Waals surface area contributed by atoms with Gasteiger partial charge in [-0.3, -0.25) is 0 Å². The van der Waals surface area contributed by atoms with Crippen molar-refractivity contribution in [1.29, 1.82) is 0 Å². The molecule has 3 aromatic rings. The third-order valence-corrected chi connectivity index (χ3v) is 3.85.